The minimum Gasteiger partial charge on any atom is -0.482 e. The minimum atomic E-state index is -0.535. The van der Waals surface area contributed by atoms with E-state index in [1.54, 1.807) is 51.3 Å². The van der Waals surface area contributed by atoms with Gasteiger partial charge in [-0.15, -0.1) is 0 Å². The highest BCUT2D eigenvalue weighted by molar-refractivity contribution is 5.83. The van der Waals surface area contributed by atoms with Crippen LogP contribution in [0, 0.1) is 0 Å². The molecule has 8 heteroatoms. The van der Waals surface area contributed by atoms with Gasteiger partial charge in [-0.2, -0.15) is 5.10 Å². The van der Waals surface area contributed by atoms with E-state index in [0.29, 0.717) is 25.5 Å². The van der Waals surface area contributed by atoms with Crippen molar-refractivity contribution in [3.8, 4) is 5.75 Å². The van der Waals surface area contributed by atoms with E-state index in [2.05, 4.69) is 10.5 Å². The van der Waals surface area contributed by atoms with Crippen molar-refractivity contribution in [2.24, 2.45) is 5.10 Å². The molecule has 0 unspecified atom stereocenters. The zero-order valence-corrected chi connectivity index (χ0v) is 16.1. The maximum atomic E-state index is 11.8. The summed E-state index contributed by atoms with van der Waals surface area (Å²) in [6, 6.07) is 7.01. The van der Waals surface area contributed by atoms with Gasteiger partial charge in [-0.25, -0.2) is 10.2 Å². The fourth-order valence-corrected chi connectivity index (χ4v) is 2.34. The Balaban J connectivity index is 1.72. The zero-order chi connectivity index (χ0) is 19.7. The Bertz CT molecular complexity index is 646. The topological polar surface area (TPSA) is 89.5 Å². The van der Waals surface area contributed by atoms with Gasteiger partial charge in [0.2, 0.25) is 0 Å². The van der Waals surface area contributed by atoms with E-state index >= 15 is 0 Å². The quantitative estimate of drug-likeness (QED) is 0.436. The van der Waals surface area contributed by atoms with Crippen molar-refractivity contribution in [2.45, 2.75) is 26.4 Å². The lowest BCUT2D eigenvalue weighted by atomic mass is 10.2. The Morgan fingerprint density at radius 3 is 2.52 bits per heavy atom. The predicted molar refractivity (Wildman–Crippen MR) is 101 cm³/mol. The van der Waals surface area contributed by atoms with Gasteiger partial charge in [-0.05, 0) is 50.6 Å². The lowest BCUT2D eigenvalue weighted by Crippen LogP contribution is -2.42. The third-order valence-electron chi connectivity index (χ3n) is 3.53. The number of hydrazone groups is 1. The second-order valence-corrected chi connectivity index (χ2v) is 7.13. The molecular formula is C19H27N3O5. The van der Waals surface area contributed by atoms with E-state index in [1.807, 2.05) is 4.90 Å². The molecule has 0 aromatic heterocycles. The molecule has 0 aliphatic carbocycles. The molecule has 1 heterocycles. The summed E-state index contributed by atoms with van der Waals surface area (Å²) in [6.45, 7) is 8.37. The first kappa shape index (κ1) is 20.9. The number of carbonyl (C=O) groups is 2. The summed E-state index contributed by atoms with van der Waals surface area (Å²) in [5.41, 5.74) is 2.77. The van der Waals surface area contributed by atoms with Crippen molar-refractivity contribution in [1.29, 1.82) is 0 Å². The molecule has 0 bridgehead atoms. The van der Waals surface area contributed by atoms with Gasteiger partial charge in [-0.1, -0.05) is 0 Å². The van der Waals surface area contributed by atoms with Gasteiger partial charge in [0.05, 0.1) is 26.0 Å². The molecule has 0 spiro atoms. The van der Waals surface area contributed by atoms with Gasteiger partial charge in [0.1, 0.15) is 11.4 Å². The number of amides is 1. The van der Waals surface area contributed by atoms with Crippen LogP contribution >= 0.6 is 0 Å². The summed E-state index contributed by atoms with van der Waals surface area (Å²) < 4.78 is 15.8. The standard InChI is InChI=1S/C19H27N3O5/c1-19(2,3)27-18(24)14-26-16-6-4-15(5-7-16)12-20-21-17(23)13-22-8-10-25-11-9-22/h4-7,12H,8-11,13-14H2,1-3H3,(H,21,23)/b20-12-. The van der Waals surface area contributed by atoms with Crippen molar-refractivity contribution in [2.75, 3.05) is 39.5 Å². The van der Waals surface area contributed by atoms with Gasteiger partial charge in [0.15, 0.2) is 6.61 Å². The van der Waals surface area contributed by atoms with E-state index in [1.165, 1.54) is 0 Å². The Labute approximate surface area is 159 Å². The average Bonchev–Trinajstić information content (AvgIpc) is 2.60. The van der Waals surface area contributed by atoms with Crippen LogP contribution in [0.4, 0.5) is 0 Å². The monoisotopic (exact) mass is 377 g/mol. The first-order chi connectivity index (χ1) is 12.8. The SMILES string of the molecule is CC(C)(C)OC(=O)COc1ccc(/C=N\NC(=O)CN2CCOCC2)cc1. The molecule has 1 amide bonds. The van der Waals surface area contributed by atoms with Crippen molar-refractivity contribution in [1.82, 2.24) is 10.3 Å². The highest BCUT2D eigenvalue weighted by Gasteiger charge is 2.16. The Kier molecular flexibility index (Phi) is 7.75. The first-order valence-electron chi connectivity index (χ1n) is 8.88. The molecule has 1 fully saturated rings. The van der Waals surface area contributed by atoms with Gasteiger partial charge >= 0.3 is 5.97 Å². The smallest absolute Gasteiger partial charge is 0.344 e. The van der Waals surface area contributed by atoms with Crippen molar-refractivity contribution >= 4 is 18.1 Å². The molecule has 1 saturated heterocycles. The predicted octanol–water partition coefficient (Wildman–Crippen LogP) is 1.19. The number of nitrogens with one attached hydrogen (secondary N) is 1. The number of morpholine rings is 1. The molecule has 8 nitrogen and oxygen atoms in total. The maximum Gasteiger partial charge on any atom is 0.344 e. The van der Waals surface area contributed by atoms with Crippen molar-refractivity contribution in [3.05, 3.63) is 29.8 Å². The molecule has 148 valence electrons. The summed E-state index contributed by atoms with van der Waals surface area (Å²) in [4.78, 5) is 25.5. The normalized spacial score (nSPS) is 15.5. The van der Waals surface area contributed by atoms with Gasteiger partial charge in [-0.3, -0.25) is 9.69 Å². The maximum absolute atomic E-state index is 11.8. The van der Waals surface area contributed by atoms with Gasteiger partial charge in [0, 0.05) is 13.1 Å². The Hall–Kier alpha value is -2.45. The number of hydrogen-bond donors (Lipinski definition) is 1. The molecule has 2 rings (SSSR count). The number of rotatable bonds is 7. The average molecular weight is 377 g/mol. The molecule has 0 atom stereocenters. The molecule has 1 N–H and O–H groups in total. The molecule has 0 radical (unpaired) electrons. The van der Waals surface area contributed by atoms with Gasteiger partial charge in [0.25, 0.3) is 5.91 Å². The first-order valence-corrected chi connectivity index (χ1v) is 8.88. The molecule has 1 aromatic rings. The Morgan fingerprint density at radius 2 is 1.89 bits per heavy atom. The van der Waals surface area contributed by atoms with Crippen LogP contribution in [0.5, 0.6) is 5.75 Å². The van der Waals surface area contributed by atoms with E-state index < -0.39 is 11.6 Å². The number of benzene rings is 1. The Morgan fingerprint density at radius 1 is 1.22 bits per heavy atom. The molecule has 27 heavy (non-hydrogen) atoms. The summed E-state index contributed by atoms with van der Waals surface area (Å²) in [7, 11) is 0. The zero-order valence-electron chi connectivity index (χ0n) is 16.1. The molecule has 1 aliphatic rings. The van der Waals surface area contributed by atoms with Crippen molar-refractivity contribution < 1.29 is 23.8 Å². The third kappa shape index (κ3) is 8.65. The molecule has 1 aliphatic heterocycles. The van der Waals surface area contributed by atoms with Crippen LogP contribution in [0.1, 0.15) is 26.3 Å². The van der Waals surface area contributed by atoms with E-state index in [9.17, 15) is 9.59 Å². The summed E-state index contributed by atoms with van der Waals surface area (Å²) >= 11 is 0. The van der Waals surface area contributed by atoms with Crippen LogP contribution in [0.3, 0.4) is 0 Å². The lowest BCUT2D eigenvalue weighted by molar-refractivity contribution is -0.157. The number of esters is 1. The number of ether oxygens (including phenoxy) is 3. The lowest BCUT2D eigenvalue weighted by Gasteiger charge is -2.25. The summed E-state index contributed by atoms with van der Waals surface area (Å²) in [5.74, 6) is -0.0315. The summed E-state index contributed by atoms with van der Waals surface area (Å²) in [6.07, 6.45) is 1.55. The number of nitrogens with zero attached hydrogens (tertiary/aromatic N) is 2. The fourth-order valence-electron chi connectivity index (χ4n) is 2.34. The minimum absolute atomic E-state index is 0.150. The van der Waals surface area contributed by atoms with E-state index in [4.69, 9.17) is 14.2 Å². The fraction of sp³-hybridized carbons (Fsp3) is 0.526. The highest BCUT2D eigenvalue weighted by Crippen LogP contribution is 2.12. The number of carbonyl (C=O) groups excluding carboxylic acids is 2. The van der Waals surface area contributed by atoms with Crippen LogP contribution in [-0.2, 0) is 19.1 Å². The van der Waals surface area contributed by atoms with Crippen LogP contribution in [0.25, 0.3) is 0 Å². The third-order valence-corrected chi connectivity index (χ3v) is 3.53. The van der Waals surface area contributed by atoms with Crippen LogP contribution in [0.15, 0.2) is 29.4 Å². The summed E-state index contributed by atoms with van der Waals surface area (Å²) in [5, 5.41) is 3.95. The van der Waals surface area contributed by atoms with Crippen LogP contribution in [0.2, 0.25) is 0 Å². The van der Waals surface area contributed by atoms with E-state index in [-0.39, 0.29) is 12.5 Å². The number of hydrogen-bond acceptors (Lipinski definition) is 7. The van der Waals surface area contributed by atoms with Crippen LogP contribution in [-0.4, -0.2) is 68.0 Å². The van der Waals surface area contributed by atoms with Crippen LogP contribution < -0.4 is 10.2 Å². The van der Waals surface area contributed by atoms with Gasteiger partial charge < -0.3 is 14.2 Å². The second-order valence-electron chi connectivity index (χ2n) is 7.13. The molecular weight excluding hydrogens is 350 g/mol. The largest absolute Gasteiger partial charge is 0.482 e. The highest BCUT2D eigenvalue weighted by atomic mass is 16.6. The second kappa shape index (κ2) is 10.0. The molecule has 1 aromatic carbocycles. The van der Waals surface area contributed by atoms with Crippen molar-refractivity contribution in [3.63, 3.8) is 0 Å². The molecule has 0 saturated carbocycles. The van der Waals surface area contributed by atoms with E-state index in [0.717, 1.165) is 18.7 Å².